The van der Waals surface area contributed by atoms with Crippen LogP contribution in [0.4, 0.5) is 0 Å². The standard InChI is InChI=1S/C26H36ClN3O6/c1-15(2)24-25(34)29-20(18-9-10-21(31)19(27)13-18)14-23(33)36-12-6-7-16(3)8-11-22(32)28-17(4)26(35)30(24)5/h7,9-10,13,15,17,20,24,31H,6,8,11-12,14H2,1-5H3,(H,28,32)(H,29,34)/b16-7+. The quantitative estimate of drug-likeness (QED) is 0.405. The molecule has 36 heavy (non-hydrogen) atoms. The van der Waals surface area contributed by atoms with Gasteiger partial charge in [-0.25, -0.2) is 0 Å². The van der Waals surface area contributed by atoms with Crippen molar-refractivity contribution in [1.82, 2.24) is 15.5 Å². The molecule has 1 heterocycles. The number of aromatic hydroxyl groups is 1. The number of allylic oxidation sites excluding steroid dienone is 1. The van der Waals surface area contributed by atoms with E-state index in [4.69, 9.17) is 16.3 Å². The van der Waals surface area contributed by atoms with E-state index in [9.17, 15) is 24.3 Å². The molecule has 1 aromatic carbocycles. The minimum absolute atomic E-state index is 0.0763. The molecule has 0 saturated carbocycles. The van der Waals surface area contributed by atoms with Crippen LogP contribution in [0.3, 0.4) is 0 Å². The third kappa shape index (κ3) is 8.26. The zero-order valence-corrected chi connectivity index (χ0v) is 22.2. The van der Waals surface area contributed by atoms with Gasteiger partial charge in [-0.2, -0.15) is 0 Å². The summed E-state index contributed by atoms with van der Waals surface area (Å²) < 4.78 is 5.36. The van der Waals surface area contributed by atoms with Crippen LogP contribution in [0.2, 0.25) is 5.02 Å². The molecular formula is C26H36ClN3O6. The van der Waals surface area contributed by atoms with Crippen molar-refractivity contribution in [3.8, 4) is 5.75 Å². The Morgan fingerprint density at radius 3 is 2.47 bits per heavy atom. The lowest BCUT2D eigenvalue weighted by Gasteiger charge is -2.33. The van der Waals surface area contributed by atoms with Crippen LogP contribution in [0.25, 0.3) is 0 Å². The summed E-state index contributed by atoms with van der Waals surface area (Å²) in [5.41, 5.74) is 1.48. The first-order valence-corrected chi connectivity index (χ1v) is 12.4. The van der Waals surface area contributed by atoms with Crippen LogP contribution in [0, 0.1) is 5.92 Å². The number of hydrogen-bond donors (Lipinski definition) is 3. The number of phenolic OH excluding ortho intramolecular Hbond substituents is 1. The highest BCUT2D eigenvalue weighted by atomic mass is 35.5. The van der Waals surface area contributed by atoms with E-state index < -0.39 is 35.9 Å². The van der Waals surface area contributed by atoms with Crippen molar-refractivity contribution < 1.29 is 29.0 Å². The van der Waals surface area contributed by atoms with Crippen molar-refractivity contribution >= 4 is 35.3 Å². The fraction of sp³-hybridized carbons (Fsp3) is 0.538. The number of cyclic esters (lactones) is 1. The Balaban J connectivity index is 2.40. The van der Waals surface area contributed by atoms with E-state index in [1.807, 2.05) is 13.0 Å². The van der Waals surface area contributed by atoms with E-state index >= 15 is 0 Å². The maximum absolute atomic E-state index is 13.4. The summed E-state index contributed by atoms with van der Waals surface area (Å²) in [5, 5.41) is 15.4. The van der Waals surface area contributed by atoms with Crippen LogP contribution in [0.5, 0.6) is 5.75 Å². The van der Waals surface area contributed by atoms with Gasteiger partial charge in [-0.05, 0) is 50.3 Å². The highest BCUT2D eigenvalue weighted by molar-refractivity contribution is 6.32. The molecule has 1 aromatic rings. The fourth-order valence-electron chi connectivity index (χ4n) is 4.11. The Morgan fingerprint density at radius 2 is 1.83 bits per heavy atom. The minimum Gasteiger partial charge on any atom is -0.506 e. The van der Waals surface area contributed by atoms with Crippen molar-refractivity contribution in [3.63, 3.8) is 0 Å². The summed E-state index contributed by atoms with van der Waals surface area (Å²) in [6, 6.07) is 1.93. The zero-order chi connectivity index (χ0) is 27.0. The van der Waals surface area contributed by atoms with Gasteiger partial charge in [-0.1, -0.05) is 43.2 Å². The number of hydrogen-bond acceptors (Lipinski definition) is 6. The van der Waals surface area contributed by atoms with E-state index in [1.165, 1.54) is 24.1 Å². The smallest absolute Gasteiger partial charge is 0.308 e. The molecule has 2 rings (SSSR count). The molecule has 0 spiro atoms. The van der Waals surface area contributed by atoms with Gasteiger partial charge in [0, 0.05) is 13.5 Å². The maximum Gasteiger partial charge on any atom is 0.308 e. The Kier molecular flexibility index (Phi) is 10.8. The molecule has 0 aromatic heterocycles. The maximum atomic E-state index is 13.4. The second kappa shape index (κ2) is 13.3. The van der Waals surface area contributed by atoms with E-state index in [0.717, 1.165) is 5.57 Å². The third-order valence-corrected chi connectivity index (χ3v) is 6.40. The van der Waals surface area contributed by atoms with Gasteiger partial charge in [-0.15, -0.1) is 0 Å². The van der Waals surface area contributed by atoms with Crippen LogP contribution in [0.1, 0.15) is 65.0 Å². The highest BCUT2D eigenvalue weighted by Gasteiger charge is 2.34. The van der Waals surface area contributed by atoms with Gasteiger partial charge >= 0.3 is 5.97 Å². The SMILES string of the molecule is C/C1=C\CCOC(=O)CC(c2ccc(O)c(Cl)c2)NC(=O)C(C(C)C)N(C)C(=O)C(C)NC(=O)CC1. The van der Waals surface area contributed by atoms with Gasteiger partial charge in [0.05, 0.1) is 24.1 Å². The van der Waals surface area contributed by atoms with E-state index in [1.54, 1.807) is 26.8 Å². The number of carbonyl (C=O) groups is 4. The van der Waals surface area contributed by atoms with Gasteiger partial charge in [-0.3, -0.25) is 19.2 Å². The van der Waals surface area contributed by atoms with Crippen LogP contribution >= 0.6 is 11.6 Å². The Labute approximate surface area is 217 Å². The number of esters is 1. The average molecular weight is 522 g/mol. The monoisotopic (exact) mass is 521 g/mol. The molecule has 1 aliphatic heterocycles. The fourth-order valence-corrected chi connectivity index (χ4v) is 4.30. The highest BCUT2D eigenvalue weighted by Crippen LogP contribution is 2.28. The molecule has 0 fully saturated rings. The van der Waals surface area contributed by atoms with Gasteiger partial charge < -0.3 is 25.4 Å². The topological polar surface area (TPSA) is 125 Å². The third-order valence-electron chi connectivity index (χ3n) is 6.09. The second-order valence-corrected chi connectivity index (χ2v) is 9.87. The summed E-state index contributed by atoms with van der Waals surface area (Å²) in [6.07, 6.45) is 2.95. The number of nitrogens with zero attached hydrogens (tertiary/aromatic N) is 1. The summed E-state index contributed by atoms with van der Waals surface area (Å²) in [4.78, 5) is 52.8. The molecule has 198 valence electrons. The largest absolute Gasteiger partial charge is 0.506 e. The predicted molar refractivity (Wildman–Crippen MR) is 136 cm³/mol. The molecule has 3 unspecified atom stereocenters. The molecule has 9 nitrogen and oxygen atoms in total. The molecule has 3 atom stereocenters. The normalized spacial score (nSPS) is 25.2. The molecule has 1 aliphatic rings. The molecular weight excluding hydrogens is 486 g/mol. The predicted octanol–water partition coefficient (Wildman–Crippen LogP) is 3.25. The lowest BCUT2D eigenvalue weighted by molar-refractivity contribution is -0.145. The van der Waals surface area contributed by atoms with Crippen molar-refractivity contribution in [2.24, 2.45) is 5.92 Å². The molecule has 10 heteroatoms. The number of amides is 3. The number of carbonyl (C=O) groups excluding carboxylic acids is 4. The molecule has 0 bridgehead atoms. The Morgan fingerprint density at radius 1 is 1.14 bits per heavy atom. The Bertz CT molecular complexity index is 1010. The number of nitrogens with one attached hydrogen (secondary N) is 2. The number of halogens is 1. The first-order valence-electron chi connectivity index (χ1n) is 12.1. The summed E-state index contributed by atoms with van der Waals surface area (Å²) >= 11 is 6.08. The van der Waals surface area contributed by atoms with E-state index in [2.05, 4.69) is 10.6 Å². The molecule has 3 N–H and O–H groups in total. The lowest BCUT2D eigenvalue weighted by Crippen LogP contribution is -2.55. The summed E-state index contributed by atoms with van der Waals surface area (Å²) in [7, 11) is 1.52. The van der Waals surface area contributed by atoms with Gasteiger partial charge in [0.1, 0.15) is 17.8 Å². The first kappa shape index (κ1) is 29.2. The first-order chi connectivity index (χ1) is 16.9. The number of ether oxygens (including phenoxy) is 1. The van der Waals surface area contributed by atoms with Crippen molar-refractivity contribution in [3.05, 3.63) is 40.4 Å². The van der Waals surface area contributed by atoms with Crippen LogP contribution in [-0.2, 0) is 23.9 Å². The lowest BCUT2D eigenvalue weighted by atomic mass is 9.98. The minimum atomic E-state index is -0.868. The Hall–Kier alpha value is -3.07. The number of phenols is 1. The van der Waals surface area contributed by atoms with Gasteiger partial charge in [0.15, 0.2) is 0 Å². The van der Waals surface area contributed by atoms with E-state index in [-0.39, 0.29) is 42.0 Å². The van der Waals surface area contributed by atoms with E-state index in [0.29, 0.717) is 18.4 Å². The second-order valence-electron chi connectivity index (χ2n) is 9.46. The average Bonchev–Trinajstić information content (AvgIpc) is 2.80. The van der Waals surface area contributed by atoms with Gasteiger partial charge in [0.25, 0.3) is 0 Å². The van der Waals surface area contributed by atoms with Crippen molar-refractivity contribution in [2.75, 3.05) is 13.7 Å². The zero-order valence-electron chi connectivity index (χ0n) is 21.5. The number of likely N-dealkylation sites (N-methyl/N-ethyl adjacent to an activating group) is 1. The number of benzene rings is 1. The molecule has 0 radical (unpaired) electrons. The molecule has 3 amide bonds. The van der Waals surface area contributed by atoms with Crippen LogP contribution < -0.4 is 10.6 Å². The summed E-state index contributed by atoms with van der Waals surface area (Å²) in [5.74, 6) is -2.06. The van der Waals surface area contributed by atoms with Crippen molar-refractivity contribution in [2.45, 2.75) is 71.5 Å². The number of rotatable bonds is 2. The van der Waals surface area contributed by atoms with Crippen LogP contribution in [-0.4, -0.2) is 59.4 Å². The molecule has 0 aliphatic carbocycles. The summed E-state index contributed by atoms with van der Waals surface area (Å²) in [6.45, 7) is 7.24. The molecule has 0 saturated heterocycles. The van der Waals surface area contributed by atoms with Crippen LogP contribution in [0.15, 0.2) is 29.8 Å². The van der Waals surface area contributed by atoms with Gasteiger partial charge in [0.2, 0.25) is 17.7 Å². The van der Waals surface area contributed by atoms with Crippen molar-refractivity contribution in [1.29, 1.82) is 0 Å².